The summed E-state index contributed by atoms with van der Waals surface area (Å²) in [5.74, 6) is -0.418. The zero-order chi connectivity index (χ0) is 13.8. The molecular formula is C15H22FN3. The summed E-state index contributed by atoms with van der Waals surface area (Å²) in [4.78, 5) is 2.17. The highest BCUT2D eigenvalue weighted by Crippen LogP contribution is 2.28. The van der Waals surface area contributed by atoms with Crippen LogP contribution in [0.5, 0.6) is 0 Å². The maximum Gasteiger partial charge on any atom is 0.125 e. The van der Waals surface area contributed by atoms with E-state index < -0.39 is 0 Å². The molecule has 1 aromatic rings. The van der Waals surface area contributed by atoms with E-state index in [1.165, 1.54) is 37.8 Å². The molecule has 0 amide bonds. The summed E-state index contributed by atoms with van der Waals surface area (Å²) in [5.41, 5.74) is 6.93. The predicted octanol–water partition coefficient (Wildman–Crippen LogP) is 3.27. The average molecular weight is 263 g/mol. The second-order valence-corrected chi connectivity index (χ2v) is 5.33. The molecule has 3 nitrogen and oxygen atoms in total. The van der Waals surface area contributed by atoms with Crippen LogP contribution in [-0.4, -0.2) is 18.9 Å². The molecule has 19 heavy (non-hydrogen) atoms. The van der Waals surface area contributed by atoms with E-state index in [0.29, 0.717) is 11.6 Å². The first-order valence-corrected chi connectivity index (χ1v) is 6.96. The molecule has 104 valence electrons. The molecule has 1 aliphatic carbocycles. The lowest BCUT2D eigenvalue weighted by Crippen LogP contribution is -2.33. The van der Waals surface area contributed by atoms with Crippen molar-refractivity contribution < 1.29 is 4.39 Å². The molecule has 0 aliphatic heterocycles. The smallest absolute Gasteiger partial charge is 0.125 e. The van der Waals surface area contributed by atoms with Crippen molar-refractivity contribution in [2.75, 3.05) is 11.9 Å². The SMILES string of the molecule is CN(c1ccc(F)cc1C(=N)N)C1CCCCCC1. The van der Waals surface area contributed by atoms with Crippen molar-refractivity contribution >= 4 is 11.5 Å². The first-order valence-electron chi connectivity index (χ1n) is 6.96. The molecule has 0 spiro atoms. The molecule has 0 bridgehead atoms. The van der Waals surface area contributed by atoms with Crippen molar-refractivity contribution in [3.63, 3.8) is 0 Å². The standard InChI is InChI=1S/C15H22FN3/c1-19(12-6-4-2-3-5-7-12)14-9-8-11(16)10-13(14)15(17)18/h8-10,12H,2-7H2,1H3,(H3,17,18). The number of halogens is 1. The lowest BCUT2D eigenvalue weighted by molar-refractivity contribution is 0.552. The van der Waals surface area contributed by atoms with Gasteiger partial charge in [0.1, 0.15) is 11.7 Å². The number of hydrogen-bond donors (Lipinski definition) is 2. The summed E-state index contributed by atoms with van der Waals surface area (Å²) in [6.45, 7) is 0. The molecule has 0 radical (unpaired) electrons. The number of anilines is 1. The van der Waals surface area contributed by atoms with Crippen LogP contribution in [0.15, 0.2) is 18.2 Å². The van der Waals surface area contributed by atoms with Gasteiger partial charge in [-0.15, -0.1) is 0 Å². The highest BCUT2D eigenvalue weighted by molar-refractivity contribution is 6.00. The number of nitrogens with one attached hydrogen (secondary N) is 1. The van der Waals surface area contributed by atoms with Crippen LogP contribution >= 0.6 is 0 Å². The summed E-state index contributed by atoms with van der Waals surface area (Å²) < 4.78 is 13.3. The van der Waals surface area contributed by atoms with Gasteiger partial charge in [0.15, 0.2) is 0 Å². The van der Waals surface area contributed by atoms with E-state index in [1.807, 2.05) is 7.05 Å². The Labute approximate surface area is 114 Å². The number of rotatable bonds is 3. The Morgan fingerprint density at radius 2 is 1.89 bits per heavy atom. The van der Waals surface area contributed by atoms with Crippen LogP contribution in [0.25, 0.3) is 0 Å². The van der Waals surface area contributed by atoms with E-state index in [0.717, 1.165) is 18.5 Å². The van der Waals surface area contributed by atoms with Crippen LogP contribution in [-0.2, 0) is 0 Å². The third kappa shape index (κ3) is 3.25. The van der Waals surface area contributed by atoms with Crippen molar-refractivity contribution in [1.29, 1.82) is 5.41 Å². The first kappa shape index (κ1) is 13.8. The third-order valence-corrected chi connectivity index (χ3v) is 4.00. The Morgan fingerprint density at radius 3 is 2.47 bits per heavy atom. The Hall–Kier alpha value is -1.58. The fraction of sp³-hybridized carbons (Fsp3) is 0.533. The summed E-state index contributed by atoms with van der Waals surface area (Å²) in [5, 5.41) is 7.61. The lowest BCUT2D eigenvalue weighted by Gasteiger charge is -2.30. The van der Waals surface area contributed by atoms with Gasteiger partial charge in [0.25, 0.3) is 0 Å². The van der Waals surface area contributed by atoms with Crippen LogP contribution in [0.1, 0.15) is 44.1 Å². The van der Waals surface area contributed by atoms with Gasteiger partial charge < -0.3 is 10.6 Å². The highest BCUT2D eigenvalue weighted by atomic mass is 19.1. The van der Waals surface area contributed by atoms with Crippen molar-refractivity contribution in [3.8, 4) is 0 Å². The fourth-order valence-corrected chi connectivity index (χ4v) is 2.87. The summed E-state index contributed by atoms with van der Waals surface area (Å²) in [7, 11) is 2.02. The molecule has 0 unspecified atom stereocenters. The molecule has 0 atom stereocenters. The van der Waals surface area contributed by atoms with E-state index in [1.54, 1.807) is 6.07 Å². The van der Waals surface area contributed by atoms with E-state index in [9.17, 15) is 4.39 Å². The number of hydrogen-bond acceptors (Lipinski definition) is 2. The van der Waals surface area contributed by atoms with Crippen LogP contribution in [0.3, 0.4) is 0 Å². The van der Waals surface area contributed by atoms with Gasteiger partial charge in [-0.2, -0.15) is 0 Å². The lowest BCUT2D eigenvalue weighted by atomic mass is 10.0. The summed E-state index contributed by atoms with van der Waals surface area (Å²) in [6.07, 6.45) is 7.40. The maximum absolute atomic E-state index is 13.3. The Morgan fingerprint density at radius 1 is 1.26 bits per heavy atom. The second kappa shape index (κ2) is 6.04. The molecule has 0 heterocycles. The average Bonchev–Trinajstić information content (AvgIpc) is 2.66. The number of amidine groups is 1. The molecule has 1 aliphatic rings. The van der Waals surface area contributed by atoms with Crippen molar-refractivity contribution in [3.05, 3.63) is 29.6 Å². The molecule has 1 aromatic carbocycles. The Bertz CT molecular complexity index is 451. The Kier molecular flexibility index (Phi) is 4.40. The van der Waals surface area contributed by atoms with Gasteiger partial charge in [-0.25, -0.2) is 4.39 Å². The number of benzene rings is 1. The van der Waals surface area contributed by atoms with Crippen molar-refractivity contribution in [1.82, 2.24) is 0 Å². The third-order valence-electron chi connectivity index (χ3n) is 4.00. The number of nitrogen functional groups attached to an aromatic ring is 1. The van der Waals surface area contributed by atoms with Crippen molar-refractivity contribution in [2.45, 2.75) is 44.6 Å². The minimum Gasteiger partial charge on any atom is -0.384 e. The topological polar surface area (TPSA) is 53.1 Å². The van der Waals surface area contributed by atoms with Crippen LogP contribution < -0.4 is 10.6 Å². The summed E-state index contributed by atoms with van der Waals surface area (Å²) in [6, 6.07) is 4.99. The molecule has 0 aromatic heterocycles. The van der Waals surface area contributed by atoms with Gasteiger partial charge in [0.2, 0.25) is 0 Å². The van der Waals surface area contributed by atoms with Crippen LogP contribution in [0, 0.1) is 11.2 Å². The molecule has 1 fully saturated rings. The quantitative estimate of drug-likeness (QED) is 0.499. The zero-order valence-corrected chi connectivity index (χ0v) is 11.5. The van der Waals surface area contributed by atoms with Crippen molar-refractivity contribution in [2.24, 2.45) is 5.73 Å². The second-order valence-electron chi connectivity index (χ2n) is 5.33. The highest BCUT2D eigenvalue weighted by Gasteiger charge is 2.20. The van der Waals surface area contributed by atoms with E-state index in [2.05, 4.69) is 4.90 Å². The largest absolute Gasteiger partial charge is 0.384 e. The van der Waals surface area contributed by atoms with Gasteiger partial charge >= 0.3 is 0 Å². The zero-order valence-electron chi connectivity index (χ0n) is 11.5. The van der Waals surface area contributed by atoms with E-state index >= 15 is 0 Å². The van der Waals surface area contributed by atoms with Gasteiger partial charge in [-0.1, -0.05) is 25.7 Å². The Balaban J connectivity index is 2.26. The minimum absolute atomic E-state index is 0.0741. The maximum atomic E-state index is 13.3. The van der Waals surface area contributed by atoms with Crippen LogP contribution in [0.2, 0.25) is 0 Å². The minimum atomic E-state index is -0.344. The van der Waals surface area contributed by atoms with E-state index in [4.69, 9.17) is 11.1 Å². The summed E-state index contributed by atoms with van der Waals surface area (Å²) >= 11 is 0. The molecule has 0 saturated heterocycles. The van der Waals surface area contributed by atoms with Gasteiger partial charge in [0, 0.05) is 24.3 Å². The molecular weight excluding hydrogens is 241 g/mol. The van der Waals surface area contributed by atoms with Crippen LogP contribution in [0.4, 0.5) is 10.1 Å². The molecule has 3 N–H and O–H groups in total. The van der Waals surface area contributed by atoms with Gasteiger partial charge in [-0.3, -0.25) is 5.41 Å². The molecule has 4 heteroatoms. The number of nitrogens with zero attached hydrogens (tertiary/aromatic N) is 1. The fourth-order valence-electron chi connectivity index (χ4n) is 2.87. The van der Waals surface area contributed by atoms with Gasteiger partial charge in [-0.05, 0) is 31.0 Å². The molecule has 2 rings (SSSR count). The monoisotopic (exact) mass is 263 g/mol. The van der Waals surface area contributed by atoms with Gasteiger partial charge in [0.05, 0.1) is 0 Å². The number of nitrogens with two attached hydrogens (primary N) is 1. The predicted molar refractivity (Wildman–Crippen MR) is 77.3 cm³/mol. The molecule has 1 saturated carbocycles. The first-order chi connectivity index (χ1) is 9.09. The van der Waals surface area contributed by atoms with E-state index in [-0.39, 0.29) is 11.7 Å². The normalized spacial score (nSPS) is 16.9.